The molecule has 19 heavy (non-hydrogen) atoms. The molecule has 0 saturated carbocycles. The van der Waals surface area contributed by atoms with Crippen LogP contribution in [-0.4, -0.2) is 11.9 Å². The molecule has 0 radical (unpaired) electrons. The van der Waals surface area contributed by atoms with Crippen LogP contribution < -0.4 is 0 Å². The molecule has 0 aliphatic carbocycles. The van der Waals surface area contributed by atoms with Gasteiger partial charge in [-0.2, -0.15) is 0 Å². The zero-order valence-electron chi connectivity index (χ0n) is 12.2. The Morgan fingerprint density at radius 3 is 1.63 bits per heavy atom. The summed E-state index contributed by atoms with van der Waals surface area (Å²) in [6, 6.07) is 0. The van der Waals surface area contributed by atoms with Gasteiger partial charge in [0.25, 0.3) is 0 Å². The lowest BCUT2D eigenvalue weighted by Gasteiger charge is -2.13. The second kappa shape index (κ2) is 10.5. The third kappa shape index (κ3) is 8.36. The molecule has 0 aromatic carbocycles. The van der Waals surface area contributed by atoms with Crippen molar-refractivity contribution < 1.29 is 14.3 Å². The van der Waals surface area contributed by atoms with Crippen LogP contribution >= 0.6 is 0 Å². The van der Waals surface area contributed by atoms with E-state index in [-0.39, 0.29) is 11.8 Å². The Morgan fingerprint density at radius 1 is 0.947 bits per heavy atom. The highest BCUT2D eigenvalue weighted by molar-refractivity contribution is 5.87. The average molecular weight is 266 g/mol. The quantitative estimate of drug-likeness (QED) is 0.259. The summed E-state index contributed by atoms with van der Waals surface area (Å²) in [4.78, 5) is 23.4. The first-order chi connectivity index (χ1) is 9.02. The van der Waals surface area contributed by atoms with E-state index in [1.165, 1.54) is 0 Å². The van der Waals surface area contributed by atoms with Crippen molar-refractivity contribution in [2.24, 2.45) is 11.8 Å². The molecule has 0 aromatic rings. The molecule has 3 heteroatoms. The van der Waals surface area contributed by atoms with Crippen LogP contribution in [0.2, 0.25) is 0 Å². The van der Waals surface area contributed by atoms with Crippen molar-refractivity contribution in [1.82, 2.24) is 0 Å². The Morgan fingerprint density at radius 2 is 1.32 bits per heavy atom. The van der Waals surface area contributed by atoms with E-state index in [0.29, 0.717) is 0 Å². The zero-order valence-corrected chi connectivity index (χ0v) is 12.2. The lowest BCUT2D eigenvalue weighted by Crippen LogP contribution is -2.23. The topological polar surface area (TPSA) is 43.4 Å². The second-order valence-electron chi connectivity index (χ2n) is 4.98. The average Bonchev–Trinajstić information content (AvgIpc) is 2.38. The van der Waals surface area contributed by atoms with Crippen molar-refractivity contribution in [2.45, 2.75) is 52.4 Å². The molecule has 0 saturated heterocycles. The van der Waals surface area contributed by atoms with Crippen LogP contribution in [-0.2, 0) is 14.3 Å². The number of hydrogen-bond acceptors (Lipinski definition) is 3. The molecule has 0 spiro atoms. The van der Waals surface area contributed by atoms with Crippen molar-refractivity contribution in [2.75, 3.05) is 0 Å². The number of carbonyl (C=O) groups is 2. The molecule has 2 atom stereocenters. The molecule has 0 aliphatic heterocycles. The van der Waals surface area contributed by atoms with Gasteiger partial charge in [0.2, 0.25) is 0 Å². The molecule has 0 aromatic heterocycles. The Balaban J connectivity index is 3.98. The van der Waals surface area contributed by atoms with Gasteiger partial charge < -0.3 is 4.74 Å². The van der Waals surface area contributed by atoms with Crippen molar-refractivity contribution in [3.63, 3.8) is 0 Å². The van der Waals surface area contributed by atoms with Crippen LogP contribution in [0.15, 0.2) is 25.3 Å². The molecule has 0 rings (SSSR count). The third-order valence-corrected chi connectivity index (χ3v) is 3.10. The minimum atomic E-state index is -0.412. The van der Waals surface area contributed by atoms with Gasteiger partial charge in [-0.25, -0.2) is 0 Å². The van der Waals surface area contributed by atoms with Gasteiger partial charge in [0.05, 0.1) is 11.8 Å². The van der Waals surface area contributed by atoms with Gasteiger partial charge in [-0.3, -0.25) is 9.59 Å². The van der Waals surface area contributed by atoms with Crippen LogP contribution in [0.1, 0.15) is 52.4 Å². The number of esters is 2. The van der Waals surface area contributed by atoms with Gasteiger partial charge >= 0.3 is 11.9 Å². The summed E-state index contributed by atoms with van der Waals surface area (Å²) in [5, 5.41) is 0. The molecule has 0 heterocycles. The summed E-state index contributed by atoms with van der Waals surface area (Å²) < 4.78 is 4.91. The maximum absolute atomic E-state index is 11.7. The zero-order chi connectivity index (χ0) is 14.7. The summed E-state index contributed by atoms with van der Waals surface area (Å²) >= 11 is 0. The smallest absolute Gasteiger partial charge is 0.316 e. The Hall–Kier alpha value is -1.38. The minimum Gasteiger partial charge on any atom is -0.393 e. The summed E-state index contributed by atoms with van der Waals surface area (Å²) in [5.41, 5.74) is 0. The monoisotopic (exact) mass is 266 g/mol. The van der Waals surface area contributed by atoms with E-state index in [1.807, 2.05) is 12.2 Å². The van der Waals surface area contributed by atoms with E-state index in [4.69, 9.17) is 4.74 Å². The molecular weight excluding hydrogens is 240 g/mol. The highest BCUT2D eigenvalue weighted by Crippen LogP contribution is 2.14. The van der Waals surface area contributed by atoms with Crippen molar-refractivity contribution in [3.8, 4) is 0 Å². The molecule has 0 bridgehead atoms. The van der Waals surface area contributed by atoms with Crippen molar-refractivity contribution >= 4 is 11.9 Å². The molecule has 2 unspecified atom stereocenters. The highest BCUT2D eigenvalue weighted by atomic mass is 16.6. The van der Waals surface area contributed by atoms with Crippen LogP contribution in [0.3, 0.4) is 0 Å². The Labute approximate surface area is 116 Å². The standard InChI is InChI=1S/C16H26O3/c1-5-7-9-11-13(3)15(17)19-16(18)14(4)12-10-8-6-2/h5-6,13-14H,1-2,7-12H2,3-4H3. The fourth-order valence-electron chi connectivity index (χ4n) is 1.67. The molecule has 0 N–H and O–H groups in total. The van der Waals surface area contributed by atoms with E-state index in [2.05, 4.69) is 13.2 Å². The lowest BCUT2D eigenvalue weighted by atomic mass is 10.0. The SMILES string of the molecule is C=CCCCC(C)C(=O)OC(=O)C(C)CCCC=C. The number of rotatable bonds is 10. The largest absolute Gasteiger partial charge is 0.393 e. The second-order valence-corrected chi connectivity index (χ2v) is 4.98. The summed E-state index contributed by atoms with van der Waals surface area (Å²) in [7, 11) is 0. The third-order valence-electron chi connectivity index (χ3n) is 3.10. The number of hydrogen-bond donors (Lipinski definition) is 0. The molecule has 0 aliphatic rings. The van der Waals surface area contributed by atoms with Crippen molar-refractivity contribution in [1.29, 1.82) is 0 Å². The van der Waals surface area contributed by atoms with Gasteiger partial charge in [0, 0.05) is 0 Å². The normalized spacial score (nSPS) is 13.4. The lowest BCUT2D eigenvalue weighted by molar-refractivity contribution is -0.165. The van der Waals surface area contributed by atoms with E-state index >= 15 is 0 Å². The highest BCUT2D eigenvalue weighted by Gasteiger charge is 2.21. The number of allylic oxidation sites excluding steroid dienone is 2. The van der Waals surface area contributed by atoms with Crippen LogP contribution in [0, 0.1) is 11.8 Å². The van der Waals surface area contributed by atoms with E-state index in [0.717, 1.165) is 38.5 Å². The van der Waals surface area contributed by atoms with Gasteiger partial charge in [-0.15, -0.1) is 13.2 Å². The molecule has 0 fully saturated rings. The van der Waals surface area contributed by atoms with E-state index in [1.54, 1.807) is 13.8 Å². The number of unbranched alkanes of at least 4 members (excludes halogenated alkanes) is 2. The maximum atomic E-state index is 11.7. The van der Waals surface area contributed by atoms with Gasteiger partial charge in [-0.1, -0.05) is 26.0 Å². The van der Waals surface area contributed by atoms with Crippen LogP contribution in [0.25, 0.3) is 0 Å². The maximum Gasteiger partial charge on any atom is 0.316 e. The van der Waals surface area contributed by atoms with Gasteiger partial charge in [0.1, 0.15) is 0 Å². The molecular formula is C16H26O3. The van der Waals surface area contributed by atoms with Gasteiger partial charge in [-0.05, 0) is 38.5 Å². The van der Waals surface area contributed by atoms with Gasteiger partial charge in [0.15, 0.2) is 0 Å². The first-order valence-electron chi connectivity index (χ1n) is 7.00. The number of carbonyl (C=O) groups excluding carboxylic acids is 2. The molecule has 3 nitrogen and oxygen atoms in total. The first-order valence-corrected chi connectivity index (χ1v) is 7.00. The first kappa shape index (κ1) is 17.6. The summed E-state index contributed by atoms with van der Waals surface area (Å²) in [6.45, 7) is 10.8. The van der Waals surface area contributed by atoms with Crippen molar-refractivity contribution in [3.05, 3.63) is 25.3 Å². The fraction of sp³-hybridized carbons (Fsp3) is 0.625. The number of ether oxygens (including phenoxy) is 1. The predicted octanol–water partition coefficient (Wildman–Crippen LogP) is 4.04. The Bertz CT molecular complexity index is 277. The molecule has 108 valence electrons. The minimum absolute atomic E-state index is 0.232. The Kier molecular flexibility index (Phi) is 9.77. The fourth-order valence-corrected chi connectivity index (χ4v) is 1.67. The van der Waals surface area contributed by atoms with Crippen LogP contribution in [0.4, 0.5) is 0 Å². The predicted molar refractivity (Wildman–Crippen MR) is 77.5 cm³/mol. The van der Waals surface area contributed by atoms with E-state index in [9.17, 15) is 9.59 Å². The van der Waals surface area contributed by atoms with E-state index < -0.39 is 11.9 Å². The molecule has 0 amide bonds. The summed E-state index contributed by atoms with van der Waals surface area (Å²) in [5.74, 6) is -1.29. The van der Waals surface area contributed by atoms with Crippen LogP contribution in [0.5, 0.6) is 0 Å². The summed E-state index contributed by atoms with van der Waals surface area (Å²) in [6.07, 6.45) is 8.64.